The van der Waals surface area contributed by atoms with Gasteiger partial charge in [0.25, 0.3) is 0 Å². The van der Waals surface area contributed by atoms with E-state index in [-0.39, 0.29) is 0 Å². The molecule has 0 radical (unpaired) electrons. The van der Waals surface area contributed by atoms with Gasteiger partial charge >= 0.3 is 0 Å². The monoisotopic (exact) mass is 209 g/mol. The number of hydrogen-bond donors (Lipinski definition) is 1. The number of nitrogens with one attached hydrogen (secondary N) is 1. The van der Waals surface area contributed by atoms with Gasteiger partial charge in [0.2, 0.25) is 0 Å². The third-order valence-corrected chi connectivity index (χ3v) is 3.20. The second-order valence-corrected chi connectivity index (χ2v) is 5.40. The summed E-state index contributed by atoms with van der Waals surface area (Å²) in [5.41, 5.74) is 1.35. The van der Waals surface area contributed by atoms with Crippen LogP contribution in [0.2, 0.25) is 0 Å². The third kappa shape index (κ3) is 3.35. The number of thioether (sulfide) groups is 1. The Morgan fingerprint density at radius 3 is 2.07 bits per heavy atom. The molecule has 0 saturated heterocycles. The van der Waals surface area contributed by atoms with E-state index in [9.17, 15) is 0 Å². The Bertz CT molecular complexity index is 266. The standard InChI is InChI=1S/C12H19NS/c1-9(2)14-12-7-5-11(6-8-12)10(3)13-4/h5-10,13H,1-4H3. The van der Waals surface area contributed by atoms with Crippen LogP contribution in [0.3, 0.4) is 0 Å². The van der Waals surface area contributed by atoms with E-state index in [2.05, 4.69) is 50.4 Å². The van der Waals surface area contributed by atoms with Gasteiger partial charge in [0.05, 0.1) is 0 Å². The summed E-state index contributed by atoms with van der Waals surface area (Å²) < 4.78 is 0. The minimum atomic E-state index is 0.438. The summed E-state index contributed by atoms with van der Waals surface area (Å²) in [6.07, 6.45) is 0. The van der Waals surface area contributed by atoms with Crippen LogP contribution in [-0.2, 0) is 0 Å². The van der Waals surface area contributed by atoms with E-state index in [1.807, 2.05) is 18.8 Å². The van der Waals surface area contributed by atoms with Crippen LogP contribution >= 0.6 is 11.8 Å². The van der Waals surface area contributed by atoms with Crippen LogP contribution in [-0.4, -0.2) is 12.3 Å². The van der Waals surface area contributed by atoms with E-state index >= 15 is 0 Å². The average Bonchev–Trinajstić information content (AvgIpc) is 2.17. The van der Waals surface area contributed by atoms with E-state index in [4.69, 9.17) is 0 Å². The Labute approximate surface area is 91.3 Å². The summed E-state index contributed by atoms with van der Waals surface area (Å²) in [4.78, 5) is 1.35. The lowest BCUT2D eigenvalue weighted by atomic mass is 10.1. The molecule has 1 aromatic rings. The number of hydrogen-bond acceptors (Lipinski definition) is 2. The minimum Gasteiger partial charge on any atom is -0.313 e. The number of rotatable bonds is 4. The zero-order valence-electron chi connectivity index (χ0n) is 9.37. The molecule has 0 aliphatic carbocycles. The maximum atomic E-state index is 3.23. The first-order chi connectivity index (χ1) is 6.63. The Balaban J connectivity index is 2.68. The highest BCUT2D eigenvalue weighted by Gasteiger charge is 2.02. The highest BCUT2D eigenvalue weighted by molar-refractivity contribution is 7.99. The van der Waals surface area contributed by atoms with Crippen LogP contribution in [0.4, 0.5) is 0 Å². The Kier molecular flexibility index (Phi) is 4.49. The van der Waals surface area contributed by atoms with Crippen LogP contribution in [0.15, 0.2) is 29.2 Å². The quantitative estimate of drug-likeness (QED) is 0.762. The Hall–Kier alpha value is -0.470. The first kappa shape index (κ1) is 11.6. The molecule has 0 aliphatic rings. The lowest BCUT2D eigenvalue weighted by Gasteiger charge is -2.11. The summed E-state index contributed by atoms with van der Waals surface area (Å²) in [6, 6.07) is 9.24. The molecule has 1 rings (SSSR count). The van der Waals surface area contributed by atoms with Crippen molar-refractivity contribution in [3.05, 3.63) is 29.8 Å². The second kappa shape index (κ2) is 5.42. The van der Waals surface area contributed by atoms with E-state index in [0.29, 0.717) is 11.3 Å². The predicted octanol–water partition coefficient (Wildman–Crippen LogP) is 3.47. The molecule has 14 heavy (non-hydrogen) atoms. The van der Waals surface area contributed by atoms with E-state index in [0.717, 1.165) is 0 Å². The van der Waals surface area contributed by atoms with Gasteiger partial charge < -0.3 is 5.32 Å². The first-order valence-corrected chi connectivity index (χ1v) is 5.95. The summed E-state index contributed by atoms with van der Waals surface area (Å²) >= 11 is 1.91. The molecule has 0 bridgehead atoms. The van der Waals surface area contributed by atoms with Gasteiger partial charge in [-0.15, -0.1) is 11.8 Å². The molecule has 1 atom stereocenters. The highest BCUT2D eigenvalue weighted by atomic mass is 32.2. The topological polar surface area (TPSA) is 12.0 Å². The van der Waals surface area contributed by atoms with Crippen molar-refractivity contribution in [1.29, 1.82) is 0 Å². The highest BCUT2D eigenvalue weighted by Crippen LogP contribution is 2.24. The Morgan fingerprint density at radius 1 is 1.07 bits per heavy atom. The fourth-order valence-corrected chi connectivity index (χ4v) is 2.11. The van der Waals surface area contributed by atoms with Crippen LogP contribution in [0.5, 0.6) is 0 Å². The van der Waals surface area contributed by atoms with E-state index in [1.165, 1.54) is 10.5 Å². The SMILES string of the molecule is CNC(C)c1ccc(SC(C)C)cc1. The molecule has 1 aromatic carbocycles. The molecule has 0 fully saturated rings. The first-order valence-electron chi connectivity index (χ1n) is 5.07. The summed E-state index contributed by atoms with van der Waals surface area (Å²) in [7, 11) is 1.99. The fraction of sp³-hybridized carbons (Fsp3) is 0.500. The normalized spacial score (nSPS) is 13.2. The van der Waals surface area contributed by atoms with Crippen molar-refractivity contribution in [1.82, 2.24) is 5.32 Å². The summed E-state index contributed by atoms with van der Waals surface area (Å²) in [6.45, 7) is 6.61. The molecule has 0 aliphatic heterocycles. The van der Waals surface area contributed by atoms with Crippen molar-refractivity contribution in [2.24, 2.45) is 0 Å². The van der Waals surface area contributed by atoms with E-state index < -0.39 is 0 Å². The molecular weight excluding hydrogens is 190 g/mol. The van der Waals surface area contributed by atoms with E-state index in [1.54, 1.807) is 0 Å². The third-order valence-electron chi connectivity index (χ3n) is 2.18. The van der Waals surface area contributed by atoms with Crippen molar-refractivity contribution < 1.29 is 0 Å². The van der Waals surface area contributed by atoms with Gasteiger partial charge in [-0.2, -0.15) is 0 Å². The molecule has 1 nitrogen and oxygen atoms in total. The van der Waals surface area contributed by atoms with Crippen molar-refractivity contribution in [3.63, 3.8) is 0 Å². The Morgan fingerprint density at radius 2 is 1.64 bits per heavy atom. The predicted molar refractivity (Wildman–Crippen MR) is 64.9 cm³/mol. The lowest BCUT2D eigenvalue weighted by molar-refractivity contribution is 0.652. The van der Waals surface area contributed by atoms with Crippen molar-refractivity contribution >= 4 is 11.8 Å². The summed E-state index contributed by atoms with van der Waals surface area (Å²) in [5.74, 6) is 0. The molecule has 1 unspecified atom stereocenters. The van der Waals surface area contributed by atoms with Gasteiger partial charge in [-0.3, -0.25) is 0 Å². The smallest absolute Gasteiger partial charge is 0.0289 e. The van der Waals surface area contributed by atoms with Crippen LogP contribution in [0.1, 0.15) is 32.4 Å². The molecule has 2 heteroatoms. The molecule has 0 spiro atoms. The molecule has 0 heterocycles. The van der Waals surface area contributed by atoms with Crippen LogP contribution < -0.4 is 5.32 Å². The summed E-state index contributed by atoms with van der Waals surface area (Å²) in [5, 5.41) is 3.89. The zero-order chi connectivity index (χ0) is 10.6. The molecule has 78 valence electrons. The van der Waals surface area contributed by atoms with Crippen molar-refractivity contribution in [2.45, 2.75) is 37.0 Å². The van der Waals surface area contributed by atoms with Crippen LogP contribution in [0.25, 0.3) is 0 Å². The van der Waals surface area contributed by atoms with Crippen molar-refractivity contribution in [3.8, 4) is 0 Å². The molecule has 0 aromatic heterocycles. The fourth-order valence-electron chi connectivity index (χ4n) is 1.27. The largest absolute Gasteiger partial charge is 0.313 e. The minimum absolute atomic E-state index is 0.438. The van der Waals surface area contributed by atoms with Gasteiger partial charge in [0.15, 0.2) is 0 Å². The van der Waals surface area contributed by atoms with Gasteiger partial charge in [-0.25, -0.2) is 0 Å². The molecule has 0 saturated carbocycles. The second-order valence-electron chi connectivity index (χ2n) is 3.75. The molecule has 1 N–H and O–H groups in total. The molecular formula is C12H19NS. The van der Waals surface area contributed by atoms with Crippen LogP contribution in [0, 0.1) is 0 Å². The van der Waals surface area contributed by atoms with Crippen molar-refractivity contribution in [2.75, 3.05) is 7.05 Å². The van der Waals surface area contributed by atoms with Gasteiger partial charge in [-0.05, 0) is 31.7 Å². The van der Waals surface area contributed by atoms with Gasteiger partial charge in [0, 0.05) is 16.2 Å². The van der Waals surface area contributed by atoms with Gasteiger partial charge in [0.1, 0.15) is 0 Å². The molecule has 0 amide bonds. The average molecular weight is 209 g/mol. The number of benzene rings is 1. The van der Waals surface area contributed by atoms with Gasteiger partial charge in [-0.1, -0.05) is 26.0 Å². The lowest BCUT2D eigenvalue weighted by Crippen LogP contribution is -2.11. The zero-order valence-corrected chi connectivity index (χ0v) is 10.2. The maximum absolute atomic E-state index is 3.23. The maximum Gasteiger partial charge on any atom is 0.0289 e.